The molecule has 0 radical (unpaired) electrons. The third-order valence-corrected chi connectivity index (χ3v) is 4.42. The first-order chi connectivity index (χ1) is 12.7. The molecule has 2 aromatic carbocycles. The standard InChI is InChI=1S/C21H26ClN3O2/c1-14-9-15(2)21(16(3)10-14)24-19(26)11-23-20(27)13-25(4)12-17-5-7-18(22)8-6-17/h5-10H,11-13H2,1-4H3,(H,23,27)(H,24,26). The van der Waals surface area contributed by atoms with Crippen LogP contribution in [0.15, 0.2) is 36.4 Å². The first-order valence-electron chi connectivity index (χ1n) is 8.82. The van der Waals surface area contributed by atoms with Crippen molar-refractivity contribution in [3.05, 3.63) is 63.7 Å². The van der Waals surface area contributed by atoms with E-state index < -0.39 is 0 Å². The highest BCUT2D eigenvalue weighted by atomic mass is 35.5. The summed E-state index contributed by atoms with van der Waals surface area (Å²) in [5.41, 5.74) is 5.04. The van der Waals surface area contributed by atoms with Crippen molar-refractivity contribution >= 4 is 29.1 Å². The quantitative estimate of drug-likeness (QED) is 0.764. The molecule has 0 unspecified atom stereocenters. The SMILES string of the molecule is Cc1cc(C)c(NC(=O)CNC(=O)CN(C)Cc2ccc(Cl)cc2)c(C)c1. The van der Waals surface area contributed by atoms with E-state index >= 15 is 0 Å². The highest BCUT2D eigenvalue weighted by Crippen LogP contribution is 2.21. The Bertz CT molecular complexity index is 796. The van der Waals surface area contributed by atoms with Crippen LogP contribution in [0.5, 0.6) is 0 Å². The van der Waals surface area contributed by atoms with Crippen LogP contribution in [0.3, 0.4) is 0 Å². The molecule has 0 aliphatic carbocycles. The van der Waals surface area contributed by atoms with Gasteiger partial charge in [0.25, 0.3) is 0 Å². The molecule has 0 spiro atoms. The second-order valence-electron chi connectivity index (χ2n) is 6.90. The molecular weight excluding hydrogens is 362 g/mol. The molecule has 0 saturated heterocycles. The minimum absolute atomic E-state index is 0.0552. The van der Waals surface area contributed by atoms with E-state index in [2.05, 4.69) is 10.6 Å². The minimum Gasteiger partial charge on any atom is -0.346 e. The molecule has 0 saturated carbocycles. The number of hydrogen-bond donors (Lipinski definition) is 2. The third kappa shape index (κ3) is 6.70. The molecule has 0 atom stereocenters. The average molecular weight is 388 g/mol. The smallest absolute Gasteiger partial charge is 0.243 e. The van der Waals surface area contributed by atoms with Gasteiger partial charge in [0.2, 0.25) is 11.8 Å². The van der Waals surface area contributed by atoms with Crippen molar-refractivity contribution in [2.45, 2.75) is 27.3 Å². The molecule has 2 N–H and O–H groups in total. The summed E-state index contributed by atoms with van der Waals surface area (Å²) in [6.07, 6.45) is 0. The highest BCUT2D eigenvalue weighted by molar-refractivity contribution is 6.30. The average Bonchev–Trinajstić information content (AvgIpc) is 2.58. The number of halogens is 1. The van der Waals surface area contributed by atoms with Crippen molar-refractivity contribution in [3.8, 4) is 0 Å². The number of amides is 2. The number of likely N-dealkylation sites (N-methyl/N-ethyl adjacent to an activating group) is 1. The normalized spacial score (nSPS) is 10.7. The van der Waals surface area contributed by atoms with E-state index in [0.717, 1.165) is 27.9 Å². The molecule has 2 rings (SSSR count). The van der Waals surface area contributed by atoms with E-state index in [9.17, 15) is 9.59 Å². The monoisotopic (exact) mass is 387 g/mol. The van der Waals surface area contributed by atoms with E-state index in [0.29, 0.717) is 11.6 Å². The first kappa shape index (κ1) is 20.9. The lowest BCUT2D eigenvalue weighted by molar-refractivity contribution is -0.124. The van der Waals surface area contributed by atoms with Gasteiger partial charge in [-0.25, -0.2) is 0 Å². The van der Waals surface area contributed by atoms with Crippen molar-refractivity contribution < 1.29 is 9.59 Å². The van der Waals surface area contributed by atoms with E-state index in [1.807, 2.05) is 69.1 Å². The van der Waals surface area contributed by atoms with Gasteiger partial charge >= 0.3 is 0 Å². The lowest BCUT2D eigenvalue weighted by Gasteiger charge is -2.17. The van der Waals surface area contributed by atoms with E-state index in [1.54, 1.807) is 0 Å². The van der Waals surface area contributed by atoms with Crippen LogP contribution in [0.2, 0.25) is 5.02 Å². The van der Waals surface area contributed by atoms with Crippen LogP contribution < -0.4 is 10.6 Å². The number of nitrogens with zero attached hydrogens (tertiary/aromatic N) is 1. The van der Waals surface area contributed by atoms with Gasteiger partial charge in [0, 0.05) is 17.3 Å². The van der Waals surface area contributed by atoms with Gasteiger partial charge in [-0.15, -0.1) is 0 Å². The summed E-state index contributed by atoms with van der Waals surface area (Å²) in [6, 6.07) is 11.5. The maximum atomic E-state index is 12.2. The Hall–Kier alpha value is -2.37. The van der Waals surface area contributed by atoms with Gasteiger partial charge in [0.15, 0.2) is 0 Å². The maximum Gasteiger partial charge on any atom is 0.243 e. The molecule has 0 aliphatic heterocycles. The summed E-state index contributed by atoms with van der Waals surface area (Å²) in [5, 5.41) is 6.23. The van der Waals surface area contributed by atoms with Crippen molar-refractivity contribution in [3.63, 3.8) is 0 Å². The Morgan fingerprint density at radius 1 is 1.00 bits per heavy atom. The Balaban J connectivity index is 1.79. The van der Waals surface area contributed by atoms with Crippen molar-refractivity contribution in [2.24, 2.45) is 0 Å². The zero-order valence-corrected chi connectivity index (χ0v) is 17.0. The van der Waals surface area contributed by atoms with Gasteiger partial charge in [0.1, 0.15) is 0 Å². The van der Waals surface area contributed by atoms with Crippen LogP contribution in [-0.4, -0.2) is 36.9 Å². The van der Waals surface area contributed by atoms with E-state index in [1.165, 1.54) is 0 Å². The topological polar surface area (TPSA) is 61.4 Å². The summed E-state index contributed by atoms with van der Waals surface area (Å²) in [7, 11) is 1.85. The molecule has 5 nitrogen and oxygen atoms in total. The number of carbonyl (C=O) groups excluding carboxylic acids is 2. The third-order valence-electron chi connectivity index (χ3n) is 4.17. The molecule has 6 heteroatoms. The zero-order chi connectivity index (χ0) is 20.0. The molecule has 0 heterocycles. The first-order valence-corrected chi connectivity index (χ1v) is 9.20. The fourth-order valence-corrected chi connectivity index (χ4v) is 3.12. The summed E-state index contributed by atoms with van der Waals surface area (Å²) >= 11 is 5.87. The van der Waals surface area contributed by atoms with Crippen LogP contribution in [0.25, 0.3) is 0 Å². The lowest BCUT2D eigenvalue weighted by Crippen LogP contribution is -2.39. The van der Waals surface area contributed by atoms with Gasteiger partial charge in [-0.3, -0.25) is 14.5 Å². The zero-order valence-electron chi connectivity index (χ0n) is 16.2. The second-order valence-corrected chi connectivity index (χ2v) is 7.33. The van der Waals surface area contributed by atoms with Crippen LogP contribution in [0, 0.1) is 20.8 Å². The van der Waals surface area contributed by atoms with Gasteiger partial charge < -0.3 is 10.6 Å². The summed E-state index contributed by atoms with van der Waals surface area (Å²) in [6.45, 7) is 6.71. The summed E-state index contributed by atoms with van der Waals surface area (Å²) in [5.74, 6) is -0.433. The summed E-state index contributed by atoms with van der Waals surface area (Å²) in [4.78, 5) is 26.1. The van der Waals surface area contributed by atoms with Crippen molar-refractivity contribution in [1.29, 1.82) is 0 Å². The molecule has 144 valence electrons. The van der Waals surface area contributed by atoms with Gasteiger partial charge in [-0.1, -0.05) is 41.4 Å². The molecule has 2 amide bonds. The fraction of sp³-hybridized carbons (Fsp3) is 0.333. The Labute approximate surface area is 165 Å². The predicted octanol–water partition coefficient (Wildman–Crippen LogP) is 3.45. The van der Waals surface area contributed by atoms with Crippen molar-refractivity contribution in [2.75, 3.05) is 25.5 Å². The Kier molecular flexibility index (Phi) is 7.39. The number of carbonyl (C=O) groups is 2. The molecule has 0 aliphatic rings. The number of aryl methyl sites for hydroxylation is 3. The summed E-state index contributed by atoms with van der Waals surface area (Å²) < 4.78 is 0. The molecule has 0 bridgehead atoms. The number of hydrogen-bond acceptors (Lipinski definition) is 3. The predicted molar refractivity (Wildman–Crippen MR) is 110 cm³/mol. The van der Waals surface area contributed by atoms with E-state index in [4.69, 9.17) is 11.6 Å². The van der Waals surface area contributed by atoms with Crippen LogP contribution in [0.4, 0.5) is 5.69 Å². The van der Waals surface area contributed by atoms with Crippen LogP contribution in [0.1, 0.15) is 22.3 Å². The van der Waals surface area contributed by atoms with Gasteiger partial charge in [-0.05, 0) is 56.6 Å². The minimum atomic E-state index is -0.237. The number of rotatable bonds is 7. The van der Waals surface area contributed by atoms with E-state index in [-0.39, 0.29) is 24.9 Å². The highest BCUT2D eigenvalue weighted by Gasteiger charge is 2.11. The number of benzene rings is 2. The molecular formula is C21H26ClN3O2. The number of nitrogens with one attached hydrogen (secondary N) is 2. The maximum absolute atomic E-state index is 12.2. The Morgan fingerprint density at radius 3 is 2.19 bits per heavy atom. The molecule has 2 aromatic rings. The van der Waals surface area contributed by atoms with Crippen LogP contribution in [-0.2, 0) is 16.1 Å². The largest absolute Gasteiger partial charge is 0.346 e. The van der Waals surface area contributed by atoms with Gasteiger partial charge in [-0.2, -0.15) is 0 Å². The lowest BCUT2D eigenvalue weighted by atomic mass is 10.1. The Morgan fingerprint density at radius 2 is 1.59 bits per heavy atom. The van der Waals surface area contributed by atoms with Gasteiger partial charge in [0.05, 0.1) is 13.1 Å². The molecule has 0 fully saturated rings. The van der Waals surface area contributed by atoms with Crippen LogP contribution >= 0.6 is 11.6 Å². The molecule has 27 heavy (non-hydrogen) atoms. The molecule has 0 aromatic heterocycles. The fourth-order valence-electron chi connectivity index (χ4n) is 3.00. The number of anilines is 1. The van der Waals surface area contributed by atoms with Crippen molar-refractivity contribution in [1.82, 2.24) is 10.2 Å². The second kappa shape index (κ2) is 9.53.